The standard InChI is InChI=1S/C22H24ClN3O3S2/c1-13-15(23)7-4-8-16(13)24-18(27)12-30-22-25-20-19(14-6-3-9-17(14)31-20)21(28)26(22)10-5-11-29-2/h4,7-8H,3,5-6,9-12H2,1-2H3,(H,24,27). The Morgan fingerprint density at radius 3 is 3.03 bits per heavy atom. The summed E-state index contributed by atoms with van der Waals surface area (Å²) in [6.07, 6.45) is 3.76. The van der Waals surface area contributed by atoms with Gasteiger partial charge in [0, 0.05) is 35.8 Å². The fourth-order valence-corrected chi connectivity index (χ4v) is 6.09. The summed E-state index contributed by atoms with van der Waals surface area (Å²) in [4.78, 5) is 32.8. The van der Waals surface area contributed by atoms with E-state index in [9.17, 15) is 9.59 Å². The maximum Gasteiger partial charge on any atom is 0.263 e. The van der Waals surface area contributed by atoms with Crippen LogP contribution >= 0.6 is 34.7 Å². The number of hydrogen-bond acceptors (Lipinski definition) is 6. The van der Waals surface area contributed by atoms with E-state index in [2.05, 4.69) is 5.32 Å². The summed E-state index contributed by atoms with van der Waals surface area (Å²) in [5.41, 5.74) is 2.68. The van der Waals surface area contributed by atoms with Crippen LogP contribution in [0.2, 0.25) is 5.02 Å². The third kappa shape index (κ3) is 4.67. The summed E-state index contributed by atoms with van der Waals surface area (Å²) < 4.78 is 6.86. The second kappa shape index (κ2) is 9.73. The number of methoxy groups -OCH3 is 1. The highest BCUT2D eigenvalue weighted by molar-refractivity contribution is 7.99. The molecule has 0 fully saturated rings. The number of nitrogens with one attached hydrogen (secondary N) is 1. The third-order valence-corrected chi connectivity index (χ3v) is 7.97. The van der Waals surface area contributed by atoms with Gasteiger partial charge in [-0.25, -0.2) is 4.98 Å². The average molecular weight is 478 g/mol. The summed E-state index contributed by atoms with van der Waals surface area (Å²) in [6.45, 7) is 2.94. The number of halogens is 1. The predicted molar refractivity (Wildman–Crippen MR) is 128 cm³/mol. The van der Waals surface area contributed by atoms with Crippen molar-refractivity contribution in [2.45, 2.75) is 44.3 Å². The van der Waals surface area contributed by atoms with Crippen LogP contribution in [0.25, 0.3) is 10.2 Å². The van der Waals surface area contributed by atoms with Crippen molar-refractivity contribution in [3.63, 3.8) is 0 Å². The Balaban J connectivity index is 1.58. The van der Waals surface area contributed by atoms with Gasteiger partial charge in [0.25, 0.3) is 5.56 Å². The van der Waals surface area contributed by atoms with Gasteiger partial charge in [-0.05, 0) is 55.9 Å². The number of thioether (sulfide) groups is 1. The van der Waals surface area contributed by atoms with Crippen molar-refractivity contribution in [2.75, 3.05) is 24.8 Å². The first-order valence-corrected chi connectivity index (χ1v) is 12.4. The van der Waals surface area contributed by atoms with Crippen LogP contribution in [0.15, 0.2) is 28.2 Å². The quantitative estimate of drug-likeness (QED) is 0.290. The number of amides is 1. The Morgan fingerprint density at radius 1 is 1.39 bits per heavy atom. The maximum absolute atomic E-state index is 13.3. The Bertz CT molecular complexity index is 1190. The molecule has 0 unspecified atom stereocenters. The van der Waals surface area contributed by atoms with Crippen molar-refractivity contribution in [3.8, 4) is 0 Å². The Labute approximate surface area is 194 Å². The molecule has 3 aromatic rings. The molecule has 0 aliphatic heterocycles. The summed E-state index contributed by atoms with van der Waals surface area (Å²) in [5.74, 6) is -0.0129. The van der Waals surface area contributed by atoms with Crippen LogP contribution in [0.1, 0.15) is 28.8 Å². The molecular formula is C22H24ClN3O3S2. The number of ether oxygens (including phenoxy) is 1. The molecule has 0 atom stereocenters. The van der Waals surface area contributed by atoms with E-state index in [1.807, 2.05) is 13.0 Å². The number of fused-ring (bicyclic) bond motifs is 3. The minimum absolute atomic E-state index is 0.00547. The largest absolute Gasteiger partial charge is 0.385 e. The molecule has 1 aliphatic carbocycles. The van der Waals surface area contributed by atoms with Crippen LogP contribution in [0.5, 0.6) is 0 Å². The fraction of sp³-hybridized carbons (Fsp3) is 0.409. The molecule has 0 spiro atoms. The smallest absolute Gasteiger partial charge is 0.263 e. The second-order valence-corrected chi connectivity index (χ2v) is 9.92. The van der Waals surface area contributed by atoms with E-state index in [0.29, 0.717) is 35.4 Å². The number of rotatable bonds is 8. The minimum Gasteiger partial charge on any atom is -0.385 e. The van der Waals surface area contributed by atoms with Gasteiger partial charge < -0.3 is 10.1 Å². The average Bonchev–Trinajstić information content (AvgIpc) is 3.32. The zero-order valence-electron chi connectivity index (χ0n) is 17.5. The number of hydrogen-bond donors (Lipinski definition) is 1. The molecule has 1 N–H and O–H groups in total. The van der Waals surface area contributed by atoms with Gasteiger partial charge in [0.1, 0.15) is 4.83 Å². The maximum atomic E-state index is 13.3. The normalized spacial score (nSPS) is 13.0. The number of carbonyl (C=O) groups excluding carboxylic acids is 1. The second-order valence-electron chi connectivity index (χ2n) is 7.48. The van der Waals surface area contributed by atoms with E-state index in [-0.39, 0.29) is 17.2 Å². The van der Waals surface area contributed by atoms with Gasteiger partial charge in [-0.3, -0.25) is 14.2 Å². The number of anilines is 1. The topological polar surface area (TPSA) is 73.2 Å². The Morgan fingerprint density at radius 2 is 2.23 bits per heavy atom. The van der Waals surface area contributed by atoms with E-state index in [1.165, 1.54) is 22.2 Å². The van der Waals surface area contributed by atoms with Gasteiger partial charge in [-0.15, -0.1) is 11.3 Å². The lowest BCUT2D eigenvalue weighted by Crippen LogP contribution is -2.25. The van der Waals surface area contributed by atoms with Gasteiger partial charge in [-0.1, -0.05) is 29.4 Å². The van der Waals surface area contributed by atoms with Crippen LogP contribution in [0.4, 0.5) is 5.69 Å². The molecule has 9 heteroatoms. The number of carbonyl (C=O) groups is 1. The molecular weight excluding hydrogens is 454 g/mol. The zero-order chi connectivity index (χ0) is 22.0. The first-order chi connectivity index (χ1) is 15.0. The van der Waals surface area contributed by atoms with Crippen LogP contribution in [0, 0.1) is 6.92 Å². The van der Waals surface area contributed by atoms with Crippen molar-refractivity contribution < 1.29 is 9.53 Å². The monoisotopic (exact) mass is 477 g/mol. The van der Waals surface area contributed by atoms with E-state index in [1.54, 1.807) is 35.1 Å². The van der Waals surface area contributed by atoms with Gasteiger partial charge in [0.05, 0.1) is 11.1 Å². The third-order valence-electron chi connectivity index (χ3n) is 5.39. The number of thiophene rings is 1. The van der Waals surface area contributed by atoms with Gasteiger partial charge in [-0.2, -0.15) is 0 Å². The summed E-state index contributed by atoms with van der Waals surface area (Å²) in [7, 11) is 1.65. The molecule has 0 radical (unpaired) electrons. The van der Waals surface area contributed by atoms with E-state index in [0.717, 1.165) is 35.0 Å². The summed E-state index contributed by atoms with van der Waals surface area (Å²) in [6, 6.07) is 5.41. The number of aryl methyl sites for hydroxylation is 2. The highest BCUT2D eigenvalue weighted by atomic mass is 35.5. The molecule has 2 heterocycles. The first kappa shape index (κ1) is 22.3. The molecule has 0 saturated carbocycles. The van der Waals surface area contributed by atoms with Gasteiger partial charge >= 0.3 is 0 Å². The summed E-state index contributed by atoms with van der Waals surface area (Å²) >= 11 is 9.04. The van der Waals surface area contributed by atoms with E-state index in [4.69, 9.17) is 21.3 Å². The van der Waals surface area contributed by atoms with Gasteiger partial charge in [0.15, 0.2) is 5.16 Å². The van der Waals surface area contributed by atoms with Crippen LogP contribution in [-0.2, 0) is 28.9 Å². The van der Waals surface area contributed by atoms with Gasteiger partial charge in [0.2, 0.25) is 5.91 Å². The highest BCUT2D eigenvalue weighted by Crippen LogP contribution is 2.35. The molecule has 0 bridgehead atoms. The lowest BCUT2D eigenvalue weighted by Gasteiger charge is -2.13. The molecule has 31 heavy (non-hydrogen) atoms. The molecule has 2 aromatic heterocycles. The molecule has 1 aromatic carbocycles. The van der Waals surface area contributed by atoms with Crippen LogP contribution in [0.3, 0.4) is 0 Å². The molecule has 164 valence electrons. The fourth-order valence-electron chi connectivity index (χ4n) is 3.79. The molecule has 4 rings (SSSR count). The van der Waals surface area contributed by atoms with Crippen molar-refractivity contribution in [1.29, 1.82) is 0 Å². The number of benzene rings is 1. The Hall–Kier alpha value is -1.87. The number of aromatic nitrogens is 2. The van der Waals surface area contributed by atoms with Crippen LogP contribution < -0.4 is 10.9 Å². The predicted octanol–water partition coefficient (Wildman–Crippen LogP) is 4.68. The molecule has 1 amide bonds. The van der Waals surface area contributed by atoms with Crippen molar-refractivity contribution in [2.24, 2.45) is 0 Å². The highest BCUT2D eigenvalue weighted by Gasteiger charge is 2.23. The minimum atomic E-state index is -0.165. The lowest BCUT2D eigenvalue weighted by molar-refractivity contribution is -0.113. The zero-order valence-corrected chi connectivity index (χ0v) is 19.9. The number of nitrogens with zero attached hydrogens (tertiary/aromatic N) is 2. The van der Waals surface area contributed by atoms with Crippen molar-refractivity contribution >= 4 is 56.5 Å². The lowest BCUT2D eigenvalue weighted by atomic mass is 10.2. The Kier molecular flexibility index (Phi) is 7.01. The molecule has 6 nitrogen and oxygen atoms in total. The van der Waals surface area contributed by atoms with Crippen LogP contribution in [-0.4, -0.2) is 34.9 Å². The first-order valence-electron chi connectivity index (χ1n) is 10.2. The van der Waals surface area contributed by atoms with E-state index >= 15 is 0 Å². The SMILES string of the molecule is COCCCn1c(SCC(=O)Nc2cccc(Cl)c2C)nc2sc3c(c2c1=O)CCC3. The van der Waals surface area contributed by atoms with Crippen molar-refractivity contribution in [1.82, 2.24) is 9.55 Å². The molecule has 0 saturated heterocycles. The molecule has 1 aliphatic rings. The summed E-state index contributed by atoms with van der Waals surface area (Å²) in [5, 5.41) is 4.84. The van der Waals surface area contributed by atoms with Crippen molar-refractivity contribution in [3.05, 3.63) is 49.6 Å². The van der Waals surface area contributed by atoms with E-state index < -0.39 is 0 Å².